The van der Waals surface area contributed by atoms with Crippen LogP contribution in [-0.4, -0.2) is 30.6 Å². The van der Waals surface area contributed by atoms with Crippen molar-refractivity contribution in [1.82, 2.24) is 5.32 Å². The van der Waals surface area contributed by atoms with Crippen molar-refractivity contribution in [2.45, 2.75) is 19.9 Å². The minimum absolute atomic E-state index is 0.0682. The number of halogens is 1. The Morgan fingerprint density at radius 3 is 2.62 bits per heavy atom. The van der Waals surface area contributed by atoms with E-state index in [1.54, 1.807) is 0 Å². The zero-order valence-electron chi connectivity index (χ0n) is 12.1. The number of hydrogen-bond donors (Lipinski definition) is 2. The molecule has 1 atom stereocenters. The summed E-state index contributed by atoms with van der Waals surface area (Å²) in [7, 11) is 1.49. The van der Waals surface area contributed by atoms with E-state index < -0.39 is 22.3 Å². The van der Waals surface area contributed by atoms with Crippen LogP contribution in [0.5, 0.6) is 0 Å². The predicted octanol–water partition coefficient (Wildman–Crippen LogP) is 1.72. The molecule has 0 saturated carbocycles. The highest BCUT2D eigenvalue weighted by molar-refractivity contribution is 6.01. The summed E-state index contributed by atoms with van der Waals surface area (Å²) in [5, 5.41) is 13.4. The molecular formula is C13H18FN3O4. The van der Waals surface area contributed by atoms with Crippen molar-refractivity contribution in [2.24, 2.45) is 5.92 Å². The van der Waals surface area contributed by atoms with Crippen LogP contribution in [0.4, 0.5) is 15.8 Å². The molecule has 3 N–H and O–H groups in total. The van der Waals surface area contributed by atoms with Gasteiger partial charge in [0.05, 0.1) is 29.2 Å². The average Bonchev–Trinajstić information content (AvgIpc) is 2.39. The van der Waals surface area contributed by atoms with Gasteiger partial charge in [0.15, 0.2) is 0 Å². The van der Waals surface area contributed by atoms with E-state index in [-0.39, 0.29) is 29.8 Å². The van der Waals surface area contributed by atoms with Gasteiger partial charge in [-0.25, -0.2) is 4.39 Å². The van der Waals surface area contributed by atoms with E-state index in [0.717, 1.165) is 6.07 Å². The quantitative estimate of drug-likeness (QED) is 0.472. The van der Waals surface area contributed by atoms with Crippen LogP contribution in [0.25, 0.3) is 0 Å². The Kier molecular flexibility index (Phi) is 5.60. The van der Waals surface area contributed by atoms with Crippen molar-refractivity contribution in [1.29, 1.82) is 0 Å². The molecule has 0 bridgehead atoms. The third-order valence-corrected chi connectivity index (χ3v) is 3.03. The number of nitro groups is 1. The molecule has 1 amide bonds. The zero-order valence-corrected chi connectivity index (χ0v) is 12.1. The number of nitrogens with zero attached hydrogens (tertiary/aromatic N) is 1. The number of ether oxygens (including phenoxy) is 1. The second kappa shape index (κ2) is 6.98. The number of carbonyl (C=O) groups is 1. The maximum Gasteiger partial charge on any atom is 0.295 e. The first kappa shape index (κ1) is 16.8. The normalized spacial score (nSPS) is 12.2. The van der Waals surface area contributed by atoms with E-state index in [1.807, 2.05) is 13.8 Å². The molecule has 1 rings (SSSR count). The van der Waals surface area contributed by atoms with Gasteiger partial charge in [-0.15, -0.1) is 0 Å². The lowest BCUT2D eigenvalue weighted by molar-refractivity contribution is -0.384. The molecule has 0 aromatic heterocycles. The van der Waals surface area contributed by atoms with Crippen molar-refractivity contribution >= 4 is 17.3 Å². The summed E-state index contributed by atoms with van der Waals surface area (Å²) in [4.78, 5) is 22.1. The number of nitrogens with two attached hydrogens (primary N) is 1. The van der Waals surface area contributed by atoms with Gasteiger partial charge in [0, 0.05) is 7.11 Å². The first-order valence-electron chi connectivity index (χ1n) is 6.31. The Hall–Kier alpha value is -2.22. The lowest BCUT2D eigenvalue weighted by atomic mass is 10.0. The molecule has 1 unspecified atom stereocenters. The number of anilines is 1. The molecule has 0 saturated heterocycles. The van der Waals surface area contributed by atoms with Gasteiger partial charge in [-0.3, -0.25) is 14.9 Å². The van der Waals surface area contributed by atoms with E-state index in [1.165, 1.54) is 7.11 Å². The summed E-state index contributed by atoms with van der Waals surface area (Å²) in [6, 6.07) is 1.24. The molecule has 1 aromatic rings. The van der Waals surface area contributed by atoms with E-state index in [0.29, 0.717) is 6.07 Å². The summed E-state index contributed by atoms with van der Waals surface area (Å²) in [6.07, 6.45) is 0. The number of hydrogen-bond acceptors (Lipinski definition) is 5. The van der Waals surface area contributed by atoms with Crippen LogP contribution in [0.3, 0.4) is 0 Å². The van der Waals surface area contributed by atoms with Crippen LogP contribution in [0.2, 0.25) is 0 Å². The Morgan fingerprint density at radius 2 is 2.14 bits per heavy atom. The van der Waals surface area contributed by atoms with Gasteiger partial charge in [0.25, 0.3) is 11.6 Å². The fourth-order valence-corrected chi connectivity index (χ4v) is 1.77. The molecule has 0 aliphatic rings. The third-order valence-electron chi connectivity index (χ3n) is 3.03. The number of nitrogens with one attached hydrogen (secondary N) is 1. The van der Waals surface area contributed by atoms with Crippen molar-refractivity contribution in [3.63, 3.8) is 0 Å². The maximum absolute atomic E-state index is 13.4. The highest BCUT2D eigenvalue weighted by Crippen LogP contribution is 2.26. The number of benzene rings is 1. The molecular weight excluding hydrogens is 281 g/mol. The summed E-state index contributed by atoms with van der Waals surface area (Å²) < 4.78 is 18.4. The lowest BCUT2D eigenvalue weighted by Gasteiger charge is -2.21. The third kappa shape index (κ3) is 4.12. The number of rotatable bonds is 6. The van der Waals surface area contributed by atoms with Gasteiger partial charge in [0.1, 0.15) is 11.5 Å². The van der Waals surface area contributed by atoms with Gasteiger partial charge in [-0.1, -0.05) is 13.8 Å². The second-order valence-corrected chi connectivity index (χ2v) is 4.92. The fourth-order valence-electron chi connectivity index (χ4n) is 1.77. The number of amides is 1. The van der Waals surface area contributed by atoms with E-state index in [4.69, 9.17) is 10.5 Å². The number of methoxy groups -OCH3 is 1. The summed E-state index contributed by atoms with van der Waals surface area (Å²) in [6.45, 7) is 4.02. The van der Waals surface area contributed by atoms with Gasteiger partial charge in [-0.05, 0) is 12.0 Å². The fraction of sp³-hybridized carbons (Fsp3) is 0.462. The number of nitro benzene ring substituents is 1. The summed E-state index contributed by atoms with van der Waals surface area (Å²) in [5.41, 5.74) is 4.33. The van der Waals surface area contributed by atoms with Crippen molar-refractivity contribution in [3.05, 3.63) is 33.6 Å². The molecule has 0 aliphatic carbocycles. The van der Waals surface area contributed by atoms with Crippen LogP contribution >= 0.6 is 0 Å². The average molecular weight is 299 g/mol. The molecule has 21 heavy (non-hydrogen) atoms. The van der Waals surface area contributed by atoms with E-state index >= 15 is 0 Å². The van der Waals surface area contributed by atoms with Crippen LogP contribution in [0.15, 0.2) is 12.1 Å². The van der Waals surface area contributed by atoms with Crippen molar-refractivity contribution in [2.75, 3.05) is 19.5 Å². The minimum Gasteiger partial charge on any atom is -0.393 e. The second-order valence-electron chi connectivity index (χ2n) is 4.92. The van der Waals surface area contributed by atoms with Gasteiger partial charge in [0.2, 0.25) is 0 Å². The predicted molar refractivity (Wildman–Crippen MR) is 75.4 cm³/mol. The first-order valence-corrected chi connectivity index (χ1v) is 6.31. The number of nitrogen functional groups attached to an aromatic ring is 1. The topological polar surface area (TPSA) is 107 Å². The highest BCUT2D eigenvalue weighted by Gasteiger charge is 2.24. The van der Waals surface area contributed by atoms with Crippen LogP contribution in [0, 0.1) is 21.8 Å². The smallest absolute Gasteiger partial charge is 0.295 e. The Morgan fingerprint density at radius 1 is 1.52 bits per heavy atom. The molecule has 0 radical (unpaired) electrons. The SMILES string of the molecule is COCC(NC(=O)c1cc(F)cc([N+](=O)[O-])c1N)C(C)C. The molecule has 116 valence electrons. The Bertz CT molecular complexity index is 548. The zero-order chi connectivity index (χ0) is 16.2. The van der Waals surface area contributed by atoms with Gasteiger partial charge < -0.3 is 15.8 Å². The largest absolute Gasteiger partial charge is 0.393 e. The van der Waals surface area contributed by atoms with Crippen LogP contribution < -0.4 is 11.1 Å². The van der Waals surface area contributed by atoms with Crippen LogP contribution in [0.1, 0.15) is 24.2 Å². The highest BCUT2D eigenvalue weighted by atomic mass is 19.1. The van der Waals surface area contributed by atoms with Gasteiger partial charge in [-0.2, -0.15) is 0 Å². The maximum atomic E-state index is 13.4. The van der Waals surface area contributed by atoms with E-state index in [9.17, 15) is 19.3 Å². The summed E-state index contributed by atoms with van der Waals surface area (Å²) in [5.74, 6) is -1.50. The molecule has 7 nitrogen and oxygen atoms in total. The molecule has 8 heteroatoms. The molecule has 0 spiro atoms. The molecule has 0 heterocycles. The Balaban J connectivity index is 3.10. The van der Waals surface area contributed by atoms with E-state index in [2.05, 4.69) is 5.32 Å². The molecule has 0 aliphatic heterocycles. The lowest BCUT2D eigenvalue weighted by Crippen LogP contribution is -2.41. The number of carbonyl (C=O) groups excluding carboxylic acids is 1. The molecule has 1 aromatic carbocycles. The summed E-state index contributed by atoms with van der Waals surface area (Å²) >= 11 is 0. The monoisotopic (exact) mass is 299 g/mol. The Labute approximate surface area is 121 Å². The molecule has 0 fully saturated rings. The van der Waals surface area contributed by atoms with Gasteiger partial charge >= 0.3 is 0 Å². The minimum atomic E-state index is -0.895. The van der Waals surface area contributed by atoms with Crippen LogP contribution in [-0.2, 0) is 4.74 Å². The van der Waals surface area contributed by atoms with Crippen molar-refractivity contribution in [3.8, 4) is 0 Å². The van der Waals surface area contributed by atoms with Crippen molar-refractivity contribution < 1.29 is 18.8 Å². The standard InChI is InChI=1S/C13H18FN3O4/c1-7(2)10(6-21-3)16-13(18)9-4-8(14)5-11(12(9)15)17(19)20/h4-5,7,10H,6,15H2,1-3H3,(H,16,18). The first-order chi connectivity index (χ1) is 9.77.